The van der Waals surface area contributed by atoms with Crippen molar-refractivity contribution in [3.63, 3.8) is 0 Å². The molecule has 2 aliphatic rings. The lowest BCUT2D eigenvalue weighted by Crippen LogP contribution is -2.55. The van der Waals surface area contributed by atoms with Crippen molar-refractivity contribution in [3.8, 4) is 0 Å². The van der Waals surface area contributed by atoms with E-state index in [9.17, 15) is 48.3 Å². The van der Waals surface area contributed by atoms with Crippen molar-refractivity contribution in [3.05, 3.63) is 0 Å². The number of hydrogen-bond acceptors (Lipinski definition) is 10. The number of rotatable bonds is 22. The lowest BCUT2D eigenvalue weighted by molar-refractivity contribution is -0.131. The second kappa shape index (κ2) is 28.4. The second-order valence-corrected chi connectivity index (χ2v) is 20.4. The number of carbonyl (C=O) groups is 4. The zero-order valence-electron chi connectivity index (χ0n) is 35.2. The molecule has 0 aromatic carbocycles. The average Bonchev–Trinajstić information content (AvgIpc) is 3.15. The molecule has 4 amide bonds. The van der Waals surface area contributed by atoms with Crippen molar-refractivity contribution in [1.29, 1.82) is 0 Å². The summed E-state index contributed by atoms with van der Waals surface area (Å²) >= 11 is 0. The fourth-order valence-electron chi connectivity index (χ4n) is 7.05. The van der Waals surface area contributed by atoms with Gasteiger partial charge in [-0.25, -0.2) is 0 Å². The van der Waals surface area contributed by atoms with Crippen LogP contribution in [0.1, 0.15) is 119 Å². The summed E-state index contributed by atoms with van der Waals surface area (Å²) in [6, 6.07) is -2.16. The number of hydrogen-bond donors (Lipinski definition) is 10. The van der Waals surface area contributed by atoms with Crippen molar-refractivity contribution in [2.75, 3.05) is 32.0 Å². The van der Waals surface area contributed by atoms with Crippen LogP contribution < -0.4 is 32.7 Å². The van der Waals surface area contributed by atoms with E-state index in [0.717, 1.165) is 57.8 Å². The standard InChI is InChI=1S/C21H42N3O5P.C17H32N3O5P.H2O/c1-5-15(4)19(24-20(26)18(22)14(2)3)21(27)23-11-17(25)13-30(28,29)12-16-9-7-6-8-10-16;1-11(2)16(18)17(23)20-10-15(22)19-9-13(21)8-14(26(24)25)12-6-4-3-5-7-12;/h14-19,25H,5-13,22H2,1-4H3,(H,23,27)(H,24,26)(H,28,29);11-14,16,21H,3-10,18H2,1-2H3,(H2-,19,20,22,23,24,25);1H2/p+1/t15?,17-,18+,19?;13-,14?,16+;/m11./s1. The number of aliphatic hydroxyl groups is 2. The van der Waals surface area contributed by atoms with E-state index in [1.54, 1.807) is 0 Å². The van der Waals surface area contributed by atoms with E-state index in [2.05, 4.69) is 21.3 Å². The summed E-state index contributed by atoms with van der Waals surface area (Å²) in [5.41, 5.74) is 11.1. The fourth-order valence-corrected chi connectivity index (χ4v) is 10.2. The second-order valence-electron chi connectivity index (χ2n) is 16.7. The molecule has 19 heteroatoms. The molecule has 14 N–H and O–H groups in total. The zero-order chi connectivity index (χ0) is 42.6. The van der Waals surface area contributed by atoms with Crippen LogP contribution in [0.3, 0.4) is 0 Å². The Labute approximate surface area is 341 Å². The first-order valence-electron chi connectivity index (χ1n) is 20.6. The molecule has 0 aromatic heterocycles. The molecule has 0 aromatic rings. The van der Waals surface area contributed by atoms with Gasteiger partial charge in [0.15, 0.2) is 5.66 Å². The quantitative estimate of drug-likeness (QED) is 0.0696. The maximum Gasteiger partial charge on any atom is 0.509 e. The molecule has 17 nitrogen and oxygen atoms in total. The molecule has 2 saturated carbocycles. The third-order valence-electron chi connectivity index (χ3n) is 11.1. The summed E-state index contributed by atoms with van der Waals surface area (Å²) in [5, 5.41) is 30.7. The predicted octanol–water partition coefficient (Wildman–Crippen LogP) is 1.64. The van der Waals surface area contributed by atoms with Crippen LogP contribution in [-0.4, -0.2) is 117 Å². The van der Waals surface area contributed by atoms with E-state index >= 15 is 0 Å². The highest BCUT2D eigenvalue weighted by atomic mass is 31.2. The Morgan fingerprint density at radius 1 is 0.772 bits per heavy atom. The Bertz CT molecular complexity index is 1270. The summed E-state index contributed by atoms with van der Waals surface area (Å²) in [6.07, 6.45) is 9.20. The molecule has 0 radical (unpaired) electrons. The van der Waals surface area contributed by atoms with Gasteiger partial charge in [-0.15, -0.1) is 0 Å². The van der Waals surface area contributed by atoms with Gasteiger partial charge in [0.05, 0.1) is 37.0 Å². The van der Waals surface area contributed by atoms with Crippen LogP contribution in [0.15, 0.2) is 0 Å². The molecular formula is C38H77N6O11P2+. The molecule has 0 heterocycles. The summed E-state index contributed by atoms with van der Waals surface area (Å²) in [6.45, 7) is 10.7. The summed E-state index contributed by atoms with van der Waals surface area (Å²) in [7, 11) is -5.83. The summed E-state index contributed by atoms with van der Waals surface area (Å²) in [4.78, 5) is 68.3. The molecule has 0 aliphatic heterocycles. The van der Waals surface area contributed by atoms with E-state index in [0.29, 0.717) is 6.42 Å². The van der Waals surface area contributed by atoms with Gasteiger partial charge in [-0.05, 0) is 53.9 Å². The van der Waals surface area contributed by atoms with Gasteiger partial charge in [-0.1, -0.05) is 86.5 Å². The minimum atomic E-state index is -3.46. The monoisotopic (exact) mass is 856 g/mol. The molecule has 57 heavy (non-hydrogen) atoms. The lowest BCUT2D eigenvalue weighted by Gasteiger charge is -2.27. The minimum Gasteiger partial charge on any atom is -0.412 e. The first-order chi connectivity index (χ1) is 26.2. The van der Waals surface area contributed by atoms with Crippen molar-refractivity contribution in [1.82, 2.24) is 21.3 Å². The van der Waals surface area contributed by atoms with Crippen LogP contribution >= 0.6 is 15.4 Å². The van der Waals surface area contributed by atoms with E-state index in [1.165, 1.54) is 6.42 Å². The number of carbonyl (C=O) groups excluding carboxylic acids is 4. The summed E-state index contributed by atoms with van der Waals surface area (Å²) < 4.78 is 24.2. The van der Waals surface area contributed by atoms with E-state index in [1.807, 2.05) is 41.5 Å². The number of amides is 4. The molecule has 0 saturated heterocycles. The van der Waals surface area contributed by atoms with Crippen LogP contribution in [0.2, 0.25) is 0 Å². The molecule has 0 bridgehead atoms. The van der Waals surface area contributed by atoms with E-state index in [-0.39, 0.29) is 73.4 Å². The van der Waals surface area contributed by atoms with Crippen LogP contribution in [0.25, 0.3) is 0 Å². The van der Waals surface area contributed by atoms with Crippen molar-refractivity contribution >= 4 is 39.0 Å². The number of nitrogens with two attached hydrogens (primary N) is 2. The normalized spacial score (nSPS) is 20.1. The Balaban J connectivity index is 0.00000109. The Hall–Kier alpha value is -2.07. The highest BCUT2D eigenvalue weighted by molar-refractivity contribution is 7.58. The largest absolute Gasteiger partial charge is 0.509 e. The predicted molar refractivity (Wildman–Crippen MR) is 223 cm³/mol. The van der Waals surface area contributed by atoms with Gasteiger partial charge in [0.1, 0.15) is 6.04 Å². The van der Waals surface area contributed by atoms with Gasteiger partial charge < -0.3 is 53.3 Å². The van der Waals surface area contributed by atoms with Gasteiger partial charge >= 0.3 is 8.03 Å². The SMILES string of the molecule is CC(C)[C@H](N)C(=O)NCC(=O)NC[C@H](O)CC(C1CCCCC1)[P+](=O)O.CCC(C)C(NC(=O)[C@@H](N)C(C)C)C(=O)NC[C@@H](O)CP(=O)(O)CC1CCCCC1.O. The fraction of sp³-hybridized carbons (Fsp3) is 0.895. The molecule has 2 aliphatic carbocycles. The molecule has 0 spiro atoms. The topological polar surface area (TPSA) is 315 Å². The van der Waals surface area contributed by atoms with Gasteiger partial charge in [0.25, 0.3) is 0 Å². The zero-order valence-corrected chi connectivity index (χ0v) is 36.9. The van der Waals surface area contributed by atoms with E-state index < -0.39 is 75.0 Å². The van der Waals surface area contributed by atoms with E-state index in [4.69, 9.17) is 11.5 Å². The van der Waals surface area contributed by atoms with Gasteiger partial charge in [0, 0.05) is 31.6 Å². The van der Waals surface area contributed by atoms with Crippen LogP contribution in [0.5, 0.6) is 0 Å². The Morgan fingerprint density at radius 3 is 1.79 bits per heavy atom. The van der Waals surface area contributed by atoms with Crippen molar-refractivity contribution in [2.24, 2.45) is 41.1 Å². The minimum absolute atomic E-state index is 0. The third-order valence-corrected chi connectivity index (χ3v) is 14.3. The van der Waals surface area contributed by atoms with Crippen molar-refractivity contribution in [2.45, 2.75) is 155 Å². The third kappa shape index (κ3) is 22.2. The summed E-state index contributed by atoms with van der Waals surface area (Å²) in [5.74, 6) is -1.47. The number of nitrogens with one attached hydrogen (secondary N) is 4. The van der Waals surface area contributed by atoms with Crippen LogP contribution in [-0.2, 0) is 28.3 Å². The molecular weight excluding hydrogens is 778 g/mol. The molecule has 5 unspecified atom stereocenters. The molecule has 2 fully saturated rings. The Kier molecular flexibility index (Phi) is 27.4. The smallest absolute Gasteiger partial charge is 0.412 e. The lowest BCUT2D eigenvalue weighted by atomic mass is 9.85. The van der Waals surface area contributed by atoms with Crippen molar-refractivity contribution < 1.29 is 53.8 Å². The number of aliphatic hydroxyl groups excluding tert-OH is 2. The maximum absolute atomic E-state index is 12.6. The van der Waals surface area contributed by atoms with Gasteiger partial charge in [-0.2, -0.15) is 4.89 Å². The first-order valence-corrected chi connectivity index (χ1v) is 24.0. The first kappa shape index (κ1) is 54.9. The highest BCUT2D eigenvalue weighted by Crippen LogP contribution is 2.46. The van der Waals surface area contributed by atoms with Gasteiger partial charge in [0.2, 0.25) is 31.0 Å². The molecule has 334 valence electrons. The van der Waals surface area contributed by atoms with Gasteiger partial charge in [-0.3, -0.25) is 23.7 Å². The van der Waals surface area contributed by atoms with Crippen LogP contribution in [0, 0.1) is 29.6 Å². The Morgan fingerprint density at radius 2 is 1.28 bits per heavy atom. The average molecular weight is 856 g/mol. The molecule has 9 atom stereocenters. The molecule has 2 rings (SSSR count). The highest BCUT2D eigenvalue weighted by Gasteiger charge is 2.39. The maximum atomic E-state index is 12.6. The van der Waals surface area contributed by atoms with Crippen LogP contribution in [0.4, 0.5) is 0 Å².